The highest BCUT2D eigenvalue weighted by molar-refractivity contribution is 5.94. The second-order valence-corrected chi connectivity index (χ2v) is 7.18. The highest BCUT2D eigenvalue weighted by Gasteiger charge is 2.31. The van der Waals surface area contributed by atoms with Gasteiger partial charge in [-0.25, -0.2) is 9.97 Å². The Hall–Kier alpha value is -3.00. The zero-order valence-corrected chi connectivity index (χ0v) is 16.5. The maximum atomic E-state index is 12.8. The van der Waals surface area contributed by atoms with Gasteiger partial charge in [-0.3, -0.25) is 14.0 Å². The first-order valence-electron chi connectivity index (χ1n) is 9.38. The molecule has 0 saturated heterocycles. The molecule has 8 nitrogen and oxygen atoms in total. The Morgan fingerprint density at radius 1 is 1.32 bits per heavy atom. The minimum atomic E-state index is -0.132. The lowest BCUT2D eigenvalue weighted by Crippen LogP contribution is -2.28. The topological polar surface area (TPSA) is 86.9 Å². The first-order chi connectivity index (χ1) is 13.4. The number of carbonyl (C=O) groups is 1. The van der Waals surface area contributed by atoms with Gasteiger partial charge in [0, 0.05) is 44.2 Å². The van der Waals surface area contributed by atoms with Gasteiger partial charge in [-0.2, -0.15) is 5.10 Å². The lowest BCUT2D eigenvalue weighted by molar-refractivity contribution is -0.00710. The normalized spacial score (nSPS) is 18.7. The molecule has 0 saturated carbocycles. The fourth-order valence-electron chi connectivity index (χ4n) is 3.70. The molecule has 4 heterocycles. The largest absolute Gasteiger partial charge is 0.369 e. The summed E-state index contributed by atoms with van der Waals surface area (Å²) in [5.41, 5.74) is 3.37. The number of amides is 1. The Morgan fingerprint density at radius 3 is 2.82 bits per heavy atom. The van der Waals surface area contributed by atoms with Crippen LogP contribution < -0.4 is 5.32 Å². The number of pyridine rings is 1. The van der Waals surface area contributed by atoms with Crippen LogP contribution in [0.5, 0.6) is 0 Å². The van der Waals surface area contributed by atoms with Gasteiger partial charge in [0.2, 0.25) is 0 Å². The monoisotopic (exact) mass is 380 g/mol. The van der Waals surface area contributed by atoms with E-state index in [0.717, 1.165) is 28.5 Å². The molecular formula is C20H24N6O2. The van der Waals surface area contributed by atoms with Crippen LogP contribution >= 0.6 is 0 Å². The molecule has 4 rings (SSSR count). The number of hydrogen-bond acceptors (Lipinski definition) is 5. The number of ether oxygens (including phenoxy) is 1. The standard InChI is InChI=1S/C20H24N6O2/c1-12-9-16-18(13(2)28-12)24-25(4)19(16)20(27)23-11-15-5-6-17(22-10-15)26-8-7-21-14(26)3/h5-8,10,12-13H,9,11H2,1-4H3,(H,23,27)/t12-,13+/m1/s1. The fourth-order valence-corrected chi connectivity index (χ4v) is 3.70. The predicted octanol–water partition coefficient (Wildman–Crippen LogP) is 2.26. The number of aryl methyl sites for hydroxylation is 2. The van der Waals surface area contributed by atoms with Gasteiger partial charge in [-0.1, -0.05) is 6.07 Å². The van der Waals surface area contributed by atoms with Crippen LogP contribution in [0.2, 0.25) is 0 Å². The number of nitrogens with zero attached hydrogens (tertiary/aromatic N) is 5. The Morgan fingerprint density at radius 2 is 2.14 bits per heavy atom. The van der Waals surface area contributed by atoms with Gasteiger partial charge >= 0.3 is 0 Å². The number of aromatic nitrogens is 5. The predicted molar refractivity (Wildman–Crippen MR) is 103 cm³/mol. The van der Waals surface area contributed by atoms with Crippen LogP contribution in [-0.2, 0) is 24.8 Å². The average molecular weight is 380 g/mol. The van der Waals surface area contributed by atoms with Crippen molar-refractivity contribution in [3.8, 4) is 5.82 Å². The summed E-state index contributed by atoms with van der Waals surface area (Å²) in [6, 6.07) is 3.88. The van der Waals surface area contributed by atoms with E-state index in [1.54, 1.807) is 24.1 Å². The minimum absolute atomic E-state index is 0.0710. The van der Waals surface area contributed by atoms with Crippen molar-refractivity contribution in [2.75, 3.05) is 0 Å². The van der Waals surface area contributed by atoms with Gasteiger partial charge in [0.15, 0.2) is 0 Å². The molecule has 1 aliphatic heterocycles. The zero-order valence-electron chi connectivity index (χ0n) is 16.5. The zero-order chi connectivity index (χ0) is 19.8. The summed E-state index contributed by atoms with van der Waals surface area (Å²) in [7, 11) is 1.80. The molecule has 3 aromatic rings. The van der Waals surface area contributed by atoms with Crippen molar-refractivity contribution >= 4 is 5.91 Å². The van der Waals surface area contributed by atoms with E-state index in [4.69, 9.17) is 4.74 Å². The Bertz CT molecular complexity index is 1000. The minimum Gasteiger partial charge on any atom is -0.369 e. The maximum absolute atomic E-state index is 12.8. The molecule has 3 aromatic heterocycles. The van der Waals surface area contributed by atoms with Gasteiger partial charge in [0.1, 0.15) is 17.3 Å². The second-order valence-electron chi connectivity index (χ2n) is 7.18. The van der Waals surface area contributed by atoms with Gasteiger partial charge in [0.25, 0.3) is 5.91 Å². The Kier molecular flexibility index (Phi) is 4.72. The number of rotatable bonds is 4. The molecule has 1 amide bonds. The summed E-state index contributed by atoms with van der Waals surface area (Å²) in [4.78, 5) is 21.5. The lowest BCUT2D eigenvalue weighted by Gasteiger charge is -2.24. The number of fused-ring (bicyclic) bond motifs is 1. The fraction of sp³-hybridized carbons (Fsp3) is 0.400. The molecule has 0 fully saturated rings. The molecule has 0 aromatic carbocycles. The van der Waals surface area contributed by atoms with Crippen LogP contribution in [0.15, 0.2) is 30.7 Å². The Labute approximate surface area is 163 Å². The van der Waals surface area contributed by atoms with Crippen LogP contribution in [-0.4, -0.2) is 36.3 Å². The molecule has 146 valence electrons. The molecular weight excluding hydrogens is 356 g/mol. The van der Waals surface area contributed by atoms with Crippen molar-refractivity contribution < 1.29 is 9.53 Å². The molecule has 0 bridgehead atoms. The van der Waals surface area contributed by atoms with Gasteiger partial charge in [-0.15, -0.1) is 0 Å². The maximum Gasteiger partial charge on any atom is 0.270 e. The lowest BCUT2D eigenvalue weighted by atomic mass is 9.99. The van der Waals surface area contributed by atoms with Crippen molar-refractivity contribution in [2.45, 2.75) is 45.9 Å². The highest BCUT2D eigenvalue weighted by Crippen LogP contribution is 2.31. The van der Waals surface area contributed by atoms with Gasteiger partial charge < -0.3 is 10.1 Å². The van der Waals surface area contributed by atoms with E-state index < -0.39 is 0 Å². The molecule has 0 aliphatic carbocycles. The summed E-state index contributed by atoms with van der Waals surface area (Å²) < 4.78 is 9.38. The number of imidazole rings is 1. The van der Waals surface area contributed by atoms with E-state index in [0.29, 0.717) is 18.7 Å². The molecule has 1 N–H and O–H groups in total. The van der Waals surface area contributed by atoms with Crippen molar-refractivity contribution in [1.29, 1.82) is 0 Å². The van der Waals surface area contributed by atoms with Crippen LogP contribution in [0.25, 0.3) is 5.82 Å². The van der Waals surface area contributed by atoms with Crippen molar-refractivity contribution in [1.82, 2.24) is 29.6 Å². The summed E-state index contributed by atoms with van der Waals surface area (Å²) in [6.07, 6.45) is 6.04. The summed E-state index contributed by atoms with van der Waals surface area (Å²) >= 11 is 0. The molecule has 1 aliphatic rings. The van der Waals surface area contributed by atoms with Crippen LogP contribution in [0.4, 0.5) is 0 Å². The van der Waals surface area contributed by atoms with E-state index in [1.807, 2.05) is 43.7 Å². The molecule has 28 heavy (non-hydrogen) atoms. The third kappa shape index (κ3) is 3.31. The van der Waals surface area contributed by atoms with E-state index >= 15 is 0 Å². The third-order valence-corrected chi connectivity index (χ3v) is 5.04. The average Bonchev–Trinajstić information content (AvgIpc) is 3.23. The van der Waals surface area contributed by atoms with Gasteiger partial charge in [0.05, 0.1) is 17.9 Å². The van der Waals surface area contributed by atoms with E-state index in [9.17, 15) is 4.79 Å². The van der Waals surface area contributed by atoms with E-state index in [2.05, 4.69) is 20.4 Å². The van der Waals surface area contributed by atoms with E-state index in [-0.39, 0.29) is 18.1 Å². The van der Waals surface area contributed by atoms with Crippen LogP contribution in [0.3, 0.4) is 0 Å². The first-order valence-corrected chi connectivity index (χ1v) is 9.38. The molecule has 0 spiro atoms. The summed E-state index contributed by atoms with van der Waals surface area (Å²) in [5.74, 6) is 1.54. The van der Waals surface area contributed by atoms with Crippen LogP contribution in [0.1, 0.15) is 53.1 Å². The molecule has 0 radical (unpaired) electrons. The van der Waals surface area contributed by atoms with Crippen molar-refractivity contribution in [2.24, 2.45) is 7.05 Å². The molecule has 8 heteroatoms. The van der Waals surface area contributed by atoms with Crippen molar-refractivity contribution in [3.05, 3.63) is 59.1 Å². The van der Waals surface area contributed by atoms with Crippen molar-refractivity contribution in [3.63, 3.8) is 0 Å². The SMILES string of the molecule is Cc1nccn1-c1ccc(CNC(=O)c2c3c(nn2C)[C@H](C)O[C@H](C)C3)cn1. The first kappa shape index (κ1) is 18.4. The van der Waals surface area contributed by atoms with E-state index in [1.165, 1.54) is 0 Å². The van der Waals surface area contributed by atoms with Crippen LogP contribution in [0, 0.1) is 6.92 Å². The number of carbonyl (C=O) groups excluding carboxylic acids is 1. The Balaban J connectivity index is 1.48. The number of nitrogens with one attached hydrogen (secondary N) is 1. The second kappa shape index (κ2) is 7.20. The number of hydrogen-bond donors (Lipinski definition) is 1. The quantitative estimate of drug-likeness (QED) is 0.750. The molecule has 0 unspecified atom stereocenters. The summed E-state index contributed by atoms with van der Waals surface area (Å²) in [6.45, 7) is 6.31. The smallest absolute Gasteiger partial charge is 0.270 e. The highest BCUT2D eigenvalue weighted by atomic mass is 16.5. The summed E-state index contributed by atoms with van der Waals surface area (Å²) in [5, 5.41) is 7.49. The molecule has 2 atom stereocenters. The third-order valence-electron chi connectivity index (χ3n) is 5.04. The van der Waals surface area contributed by atoms with Gasteiger partial charge in [-0.05, 0) is 32.4 Å².